The molecule has 130 valence electrons. The molecule has 0 amide bonds. The summed E-state index contributed by atoms with van der Waals surface area (Å²) in [6, 6.07) is 0. The van der Waals surface area contributed by atoms with E-state index in [4.69, 9.17) is 14.6 Å². The molecule has 7 heteroatoms. The van der Waals surface area contributed by atoms with Crippen LogP contribution in [0.3, 0.4) is 0 Å². The number of carbonyl (C=O) groups excluding carboxylic acids is 1. The van der Waals surface area contributed by atoms with Gasteiger partial charge in [0.1, 0.15) is 18.3 Å². The van der Waals surface area contributed by atoms with Gasteiger partial charge in [0.25, 0.3) is 0 Å². The molecule has 1 aliphatic rings. The van der Waals surface area contributed by atoms with E-state index in [0.29, 0.717) is 6.42 Å². The predicted molar refractivity (Wildman–Crippen MR) is 77.8 cm³/mol. The average Bonchev–Trinajstić information content (AvgIpc) is 2.51. The zero-order chi connectivity index (χ0) is 16.7. The van der Waals surface area contributed by atoms with Crippen molar-refractivity contribution >= 4 is 5.97 Å². The van der Waals surface area contributed by atoms with Crippen molar-refractivity contribution in [1.82, 2.24) is 0 Å². The van der Waals surface area contributed by atoms with Gasteiger partial charge in [-0.2, -0.15) is 0 Å². The topological polar surface area (TPSA) is 116 Å². The van der Waals surface area contributed by atoms with Gasteiger partial charge in [-0.05, 0) is 6.42 Å². The second-order valence-electron chi connectivity index (χ2n) is 5.88. The van der Waals surface area contributed by atoms with E-state index in [2.05, 4.69) is 6.92 Å². The predicted octanol–water partition coefficient (Wildman–Crippen LogP) is -0.0640. The Bertz CT molecular complexity index is 336. The van der Waals surface area contributed by atoms with Gasteiger partial charge in [0, 0.05) is 0 Å². The van der Waals surface area contributed by atoms with E-state index >= 15 is 0 Å². The van der Waals surface area contributed by atoms with Crippen LogP contribution in [0.2, 0.25) is 0 Å². The highest BCUT2D eigenvalue weighted by Gasteiger charge is 2.46. The molecule has 0 saturated carbocycles. The molecule has 0 aromatic rings. The van der Waals surface area contributed by atoms with Crippen molar-refractivity contribution in [2.45, 2.75) is 76.7 Å². The van der Waals surface area contributed by atoms with Gasteiger partial charge >= 0.3 is 5.97 Å². The first-order valence-electron chi connectivity index (χ1n) is 7.93. The summed E-state index contributed by atoms with van der Waals surface area (Å²) in [5.74, 6) is -0.901. The van der Waals surface area contributed by atoms with Crippen molar-refractivity contribution in [3.05, 3.63) is 0 Å². The zero-order valence-electron chi connectivity index (χ0n) is 13.2. The van der Waals surface area contributed by atoms with Crippen molar-refractivity contribution < 1.29 is 34.7 Å². The molecule has 4 N–H and O–H groups in total. The van der Waals surface area contributed by atoms with Gasteiger partial charge in [0.2, 0.25) is 0 Å². The second-order valence-corrected chi connectivity index (χ2v) is 5.88. The molecule has 1 saturated heterocycles. The van der Waals surface area contributed by atoms with Crippen molar-refractivity contribution in [3.63, 3.8) is 0 Å². The minimum atomic E-state index is -1.58. The largest absolute Gasteiger partial charge is 0.454 e. The molecular weight excluding hydrogens is 292 g/mol. The molecular formula is C15H28O7. The highest BCUT2D eigenvalue weighted by molar-refractivity contribution is 5.72. The van der Waals surface area contributed by atoms with Crippen molar-refractivity contribution in [3.8, 4) is 0 Å². The van der Waals surface area contributed by atoms with Crippen LogP contribution < -0.4 is 0 Å². The Morgan fingerprint density at radius 2 is 1.86 bits per heavy atom. The number of unbranched alkanes of at least 4 members (excludes halogenated alkanes) is 3. The molecule has 1 unspecified atom stereocenters. The highest BCUT2D eigenvalue weighted by Crippen LogP contribution is 2.23. The maximum absolute atomic E-state index is 12.0. The van der Waals surface area contributed by atoms with Crippen LogP contribution in [-0.2, 0) is 14.3 Å². The van der Waals surface area contributed by atoms with Crippen LogP contribution in [0.1, 0.15) is 46.0 Å². The van der Waals surface area contributed by atoms with Gasteiger partial charge < -0.3 is 29.9 Å². The number of rotatable bonds is 8. The maximum Gasteiger partial charge on any atom is 0.309 e. The smallest absolute Gasteiger partial charge is 0.309 e. The fourth-order valence-electron chi connectivity index (χ4n) is 2.44. The van der Waals surface area contributed by atoms with Gasteiger partial charge in [0.05, 0.1) is 12.5 Å². The van der Waals surface area contributed by atoms with E-state index in [-0.39, 0.29) is 5.92 Å². The fraction of sp³-hybridized carbons (Fsp3) is 0.933. The van der Waals surface area contributed by atoms with E-state index in [0.717, 1.165) is 25.7 Å². The Morgan fingerprint density at radius 1 is 1.18 bits per heavy atom. The highest BCUT2D eigenvalue weighted by atomic mass is 16.7. The SMILES string of the molecule is CCCCCCC(C)C(=O)O[C@@H]1[C@@H](O)[C@H](O)[C@@H](CO)O[C@@H]1O. The first-order valence-corrected chi connectivity index (χ1v) is 7.93. The maximum atomic E-state index is 12.0. The van der Waals surface area contributed by atoms with Crippen molar-refractivity contribution in [1.29, 1.82) is 0 Å². The van der Waals surface area contributed by atoms with Gasteiger partial charge in [-0.15, -0.1) is 0 Å². The lowest BCUT2D eigenvalue weighted by Gasteiger charge is -2.39. The molecule has 6 atom stereocenters. The monoisotopic (exact) mass is 320 g/mol. The van der Waals surface area contributed by atoms with Crippen molar-refractivity contribution in [2.24, 2.45) is 5.92 Å². The van der Waals surface area contributed by atoms with Gasteiger partial charge in [-0.1, -0.05) is 39.5 Å². The fourth-order valence-corrected chi connectivity index (χ4v) is 2.44. The summed E-state index contributed by atoms with van der Waals surface area (Å²) in [5, 5.41) is 38.4. The molecule has 1 rings (SSSR count). The Morgan fingerprint density at radius 3 is 2.45 bits per heavy atom. The lowest BCUT2D eigenvalue weighted by molar-refractivity contribution is -0.291. The zero-order valence-corrected chi connectivity index (χ0v) is 13.2. The summed E-state index contributed by atoms with van der Waals surface area (Å²) in [4.78, 5) is 12.0. The molecule has 1 heterocycles. The van der Waals surface area contributed by atoms with E-state index in [1.165, 1.54) is 0 Å². The summed E-state index contributed by atoms with van der Waals surface area (Å²) in [7, 11) is 0. The first kappa shape index (κ1) is 19.3. The van der Waals surface area contributed by atoms with E-state index < -0.39 is 43.3 Å². The normalized spacial score (nSPS) is 33.5. The number of hydrogen-bond donors (Lipinski definition) is 4. The van der Waals surface area contributed by atoms with Crippen LogP contribution in [0.25, 0.3) is 0 Å². The van der Waals surface area contributed by atoms with Crippen molar-refractivity contribution in [2.75, 3.05) is 6.61 Å². The molecule has 1 aliphatic heterocycles. The summed E-state index contributed by atoms with van der Waals surface area (Å²) in [5.41, 5.74) is 0. The van der Waals surface area contributed by atoms with Crippen LogP contribution in [0.4, 0.5) is 0 Å². The number of carbonyl (C=O) groups is 1. The van der Waals surface area contributed by atoms with Crippen LogP contribution in [0.5, 0.6) is 0 Å². The number of aliphatic hydroxyl groups excluding tert-OH is 4. The van der Waals surface area contributed by atoms with Crippen LogP contribution in [0.15, 0.2) is 0 Å². The summed E-state index contributed by atoms with van der Waals surface area (Å²) in [6.07, 6.45) is -2.12. The minimum absolute atomic E-state index is 0.357. The average molecular weight is 320 g/mol. The lowest BCUT2D eigenvalue weighted by atomic mass is 9.98. The Kier molecular flexibility index (Phi) is 8.27. The summed E-state index contributed by atoms with van der Waals surface area (Å²) in [6.45, 7) is 3.28. The number of esters is 1. The van der Waals surface area contributed by atoms with E-state index in [1.54, 1.807) is 6.92 Å². The molecule has 0 aliphatic carbocycles. The van der Waals surface area contributed by atoms with Gasteiger partial charge in [-0.25, -0.2) is 0 Å². The third-order valence-corrected chi connectivity index (χ3v) is 3.99. The van der Waals surface area contributed by atoms with E-state index in [9.17, 15) is 20.1 Å². The molecule has 0 spiro atoms. The van der Waals surface area contributed by atoms with Crippen LogP contribution in [0, 0.1) is 5.92 Å². The third-order valence-electron chi connectivity index (χ3n) is 3.99. The standard InChI is InChI=1S/C15H28O7/c1-3-4-5-6-7-9(2)14(19)22-13-12(18)11(17)10(8-16)21-15(13)20/h9-13,15-18,20H,3-8H2,1-2H3/t9?,10-,11-,12+,13-,15+/m1/s1. The Balaban J connectivity index is 2.48. The van der Waals surface area contributed by atoms with E-state index in [1.807, 2.05) is 0 Å². The molecule has 0 aromatic heterocycles. The summed E-state index contributed by atoms with van der Waals surface area (Å²) < 4.78 is 10.0. The minimum Gasteiger partial charge on any atom is -0.454 e. The molecule has 1 fully saturated rings. The molecule has 0 bridgehead atoms. The Labute approximate surface area is 130 Å². The number of ether oxygens (including phenoxy) is 2. The summed E-state index contributed by atoms with van der Waals surface area (Å²) >= 11 is 0. The number of aliphatic hydroxyl groups is 4. The molecule has 7 nitrogen and oxygen atoms in total. The lowest BCUT2D eigenvalue weighted by Crippen LogP contribution is -2.59. The van der Waals surface area contributed by atoms with Crippen LogP contribution in [-0.4, -0.2) is 63.7 Å². The Hall–Kier alpha value is -0.730. The number of hydrogen-bond acceptors (Lipinski definition) is 7. The molecule has 22 heavy (non-hydrogen) atoms. The second kappa shape index (κ2) is 9.42. The third kappa shape index (κ3) is 5.17. The quantitative estimate of drug-likeness (QED) is 0.365. The molecule has 0 aromatic carbocycles. The van der Waals surface area contributed by atoms with Crippen LogP contribution >= 0.6 is 0 Å². The van der Waals surface area contributed by atoms with Gasteiger partial charge in [0.15, 0.2) is 12.4 Å². The first-order chi connectivity index (χ1) is 10.4. The molecule has 0 radical (unpaired) electrons. The van der Waals surface area contributed by atoms with Gasteiger partial charge in [-0.3, -0.25) is 4.79 Å².